The lowest BCUT2D eigenvalue weighted by Gasteiger charge is -2.55. The molecule has 2 saturated heterocycles. The van der Waals surface area contributed by atoms with Gasteiger partial charge in [-0.2, -0.15) is 0 Å². The molecule has 0 bridgehead atoms. The zero-order valence-electron chi connectivity index (χ0n) is 18.5. The number of carbonyl (C=O) groups is 1. The predicted molar refractivity (Wildman–Crippen MR) is 112 cm³/mol. The smallest absolute Gasteiger partial charge is 0.311 e. The van der Waals surface area contributed by atoms with Gasteiger partial charge in [0.2, 0.25) is 0 Å². The fourth-order valence-corrected chi connectivity index (χ4v) is 6.52. The Morgan fingerprint density at radius 2 is 1.39 bits per heavy atom. The predicted octanol–water partition coefficient (Wildman–Crippen LogP) is 4.60. The Balaban J connectivity index is 1.84. The van der Waals surface area contributed by atoms with Gasteiger partial charge in [0.25, 0.3) is 0 Å². The minimum atomic E-state index is -0.750. The maximum absolute atomic E-state index is 12.4. The van der Waals surface area contributed by atoms with E-state index in [1.807, 2.05) is 13.8 Å². The monoisotopic (exact) mass is 394 g/mol. The Morgan fingerprint density at radius 3 is 1.89 bits per heavy atom. The van der Waals surface area contributed by atoms with Crippen molar-refractivity contribution in [2.24, 2.45) is 5.92 Å². The average Bonchev–Trinajstić information content (AvgIpc) is 2.86. The van der Waals surface area contributed by atoms with Crippen molar-refractivity contribution in [1.82, 2.24) is 10.6 Å². The van der Waals surface area contributed by atoms with E-state index in [4.69, 9.17) is 4.74 Å². The van der Waals surface area contributed by atoms with E-state index in [1.165, 1.54) is 44.9 Å². The van der Waals surface area contributed by atoms with E-state index in [2.05, 4.69) is 24.5 Å². The Kier molecular flexibility index (Phi) is 6.48. The molecule has 0 aromatic rings. The quantitative estimate of drug-likeness (QED) is 0.606. The lowest BCUT2D eigenvalue weighted by Crippen LogP contribution is -2.72. The molecule has 162 valence electrons. The maximum atomic E-state index is 12.4. The van der Waals surface area contributed by atoms with Crippen molar-refractivity contribution in [3.63, 3.8) is 0 Å². The third-order valence-corrected chi connectivity index (χ3v) is 7.17. The van der Waals surface area contributed by atoms with Crippen LogP contribution in [0.4, 0.5) is 0 Å². The highest BCUT2D eigenvalue weighted by molar-refractivity contribution is 5.74. The van der Waals surface area contributed by atoms with Crippen molar-refractivity contribution < 1.29 is 14.6 Å². The van der Waals surface area contributed by atoms with Crippen molar-refractivity contribution in [3.05, 3.63) is 0 Å². The van der Waals surface area contributed by atoms with Gasteiger partial charge >= 0.3 is 5.97 Å². The summed E-state index contributed by atoms with van der Waals surface area (Å²) < 4.78 is 6.94. The van der Waals surface area contributed by atoms with Crippen LogP contribution in [0.1, 0.15) is 105 Å². The van der Waals surface area contributed by atoms with Crippen molar-refractivity contribution in [2.75, 3.05) is 6.54 Å². The number of carboxylic acid groups (broad SMARTS) is 1. The number of carboxylic acids is 1. The van der Waals surface area contributed by atoms with Gasteiger partial charge < -0.3 is 15.2 Å². The standard InChI is InChI=1S/C23H42N2O3/c1-20(2)16-22(18(19(26)27)21(3,4)25-20)17-24-23(28-22)14-12-10-8-6-5-7-9-11-13-15-23/h18,24-25H,5-17H2,1-4H3,(H,26,27). The van der Waals surface area contributed by atoms with Crippen LogP contribution in [0.25, 0.3) is 0 Å². The highest BCUT2D eigenvalue weighted by Gasteiger charge is 2.63. The molecule has 0 amide bonds. The molecule has 5 heteroatoms. The van der Waals surface area contributed by atoms with Gasteiger partial charge in [0.05, 0.1) is 5.60 Å². The first kappa shape index (κ1) is 22.0. The van der Waals surface area contributed by atoms with Crippen LogP contribution in [0.5, 0.6) is 0 Å². The second-order valence-corrected chi connectivity index (χ2v) is 10.9. The van der Waals surface area contributed by atoms with Crippen LogP contribution in [-0.2, 0) is 9.53 Å². The molecule has 2 aliphatic heterocycles. The molecule has 3 fully saturated rings. The number of hydrogen-bond acceptors (Lipinski definition) is 4. The van der Waals surface area contributed by atoms with Crippen LogP contribution in [-0.4, -0.2) is 40.0 Å². The summed E-state index contributed by atoms with van der Waals surface area (Å²) in [4.78, 5) is 12.4. The largest absolute Gasteiger partial charge is 0.481 e. The lowest BCUT2D eigenvalue weighted by molar-refractivity contribution is -0.196. The molecule has 3 N–H and O–H groups in total. The van der Waals surface area contributed by atoms with Crippen molar-refractivity contribution >= 4 is 5.97 Å². The van der Waals surface area contributed by atoms with E-state index in [-0.39, 0.29) is 11.3 Å². The van der Waals surface area contributed by atoms with Crippen LogP contribution >= 0.6 is 0 Å². The summed E-state index contributed by atoms with van der Waals surface area (Å²) in [5.41, 5.74) is -1.68. The molecule has 3 aliphatic rings. The van der Waals surface area contributed by atoms with Gasteiger partial charge in [-0.05, 0) is 59.8 Å². The summed E-state index contributed by atoms with van der Waals surface area (Å²) >= 11 is 0. The van der Waals surface area contributed by atoms with Crippen LogP contribution in [0.3, 0.4) is 0 Å². The number of aliphatic carboxylic acids is 1. The third kappa shape index (κ3) is 4.73. The molecule has 2 spiro atoms. The number of piperidine rings is 1. The van der Waals surface area contributed by atoms with E-state index >= 15 is 0 Å². The molecule has 0 radical (unpaired) electrons. The first-order valence-electron chi connectivity index (χ1n) is 11.6. The minimum Gasteiger partial charge on any atom is -0.481 e. The molecule has 28 heavy (non-hydrogen) atoms. The van der Waals surface area contributed by atoms with Gasteiger partial charge in [-0.25, -0.2) is 0 Å². The first-order chi connectivity index (χ1) is 13.1. The van der Waals surface area contributed by atoms with Crippen molar-refractivity contribution in [3.8, 4) is 0 Å². The van der Waals surface area contributed by atoms with E-state index in [0.717, 1.165) is 32.1 Å². The highest BCUT2D eigenvalue weighted by Crippen LogP contribution is 2.49. The molecule has 0 aromatic heterocycles. The molecule has 0 aromatic carbocycles. The van der Waals surface area contributed by atoms with Crippen molar-refractivity contribution in [1.29, 1.82) is 0 Å². The number of ether oxygens (including phenoxy) is 1. The lowest BCUT2D eigenvalue weighted by atomic mass is 9.65. The molecule has 5 nitrogen and oxygen atoms in total. The SMILES string of the molecule is CC1(C)CC2(CNC3(CCCCCCCCCCC3)O2)C(C(=O)O)C(C)(C)N1. The Labute approximate surface area is 171 Å². The van der Waals surface area contributed by atoms with Crippen molar-refractivity contribution in [2.45, 2.75) is 127 Å². The highest BCUT2D eigenvalue weighted by atomic mass is 16.6. The van der Waals surface area contributed by atoms with Gasteiger partial charge in [-0.15, -0.1) is 0 Å². The number of hydrogen-bond donors (Lipinski definition) is 3. The first-order valence-corrected chi connectivity index (χ1v) is 11.6. The molecule has 2 heterocycles. The minimum absolute atomic E-state index is 0.159. The average molecular weight is 395 g/mol. The zero-order chi connectivity index (χ0) is 20.5. The van der Waals surface area contributed by atoms with E-state index in [1.54, 1.807) is 0 Å². The summed E-state index contributed by atoms with van der Waals surface area (Å²) in [6, 6.07) is 0. The summed E-state index contributed by atoms with van der Waals surface area (Å²) in [5, 5.41) is 17.5. The van der Waals surface area contributed by atoms with Crippen LogP contribution < -0.4 is 10.6 Å². The van der Waals surface area contributed by atoms with E-state index in [0.29, 0.717) is 6.54 Å². The molecular formula is C23H42N2O3. The summed E-state index contributed by atoms with van der Waals surface area (Å²) in [7, 11) is 0. The van der Waals surface area contributed by atoms with E-state index < -0.39 is 23.0 Å². The zero-order valence-corrected chi connectivity index (χ0v) is 18.5. The molecular weight excluding hydrogens is 352 g/mol. The second kappa shape index (κ2) is 8.23. The second-order valence-electron chi connectivity index (χ2n) is 10.9. The molecule has 2 unspecified atom stereocenters. The van der Waals surface area contributed by atoms with Crippen LogP contribution in [0.15, 0.2) is 0 Å². The fraction of sp³-hybridized carbons (Fsp3) is 0.957. The van der Waals surface area contributed by atoms with Gasteiger partial charge in [0.1, 0.15) is 11.6 Å². The van der Waals surface area contributed by atoms with Gasteiger partial charge in [0.15, 0.2) is 0 Å². The number of nitrogens with one attached hydrogen (secondary N) is 2. The van der Waals surface area contributed by atoms with Gasteiger partial charge in [0, 0.05) is 17.6 Å². The fourth-order valence-electron chi connectivity index (χ4n) is 6.52. The Hall–Kier alpha value is -0.650. The Morgan fingerprint density at radius 1 is 0.893 bits per heavy atom. The normalized spacial score (nSPS) is 35.9. The summed E-state index contributed by atoms with van der Waals surface area (Å²) in [5.74, 6) is -1.32. The summed E-state index contributed by atoms with van der Waals surface area (Å²) in [6.07, 6.45) is 14.2. The summed E-state index contributed by atoms with van der Waals surface area (Å²) in [6.45, 7) is 9.01. The topological polar surface area (TPSA) is 70.6 Å². The van der Waals surface area contributed by atoms with Crippen LogP contribution in [0, 0.1) is 5.92 Å². The molecule has 2 atom stereocenters. The van der Waals surface area contributed by atoms with E-state index in [9.17, 15) is 9.90 Å². The van der Waals surface area contributed by atoms with Gasteiger partial charge in [-0.1, -0.05) is 44.9 Å². The Bertz CT molecular complexity index is 548. The molecule has 1 aliphatic carbocycles. The third-order valence-electron chi connectivity index (χ3n) is 7.17. The van der Waals surface area contributed by atoms with Gasteiger partial charge in [-0.3, -0.25) is 10.1 Å². The maximum Gasteiger partial charge on any atom is 0.311 e. The van der Waals surface area contributed by atoms with Crippen LogP contribution in [0.2, 0.25) is 0 Å². The molecule has 1 saturated carbocycles. The molecule has 3 rings (SSSR count). The number of rotatable bonds is 1.